The maximum atomic E-state index is 10.7. The number of amides is 1. The first-order chi connectivity index (χ1) is 5.71. The Balaban J connectivity index is 2.27. The van der Waals surface area contributed by atoms with Crippen molar-refractivity contribution in [2.45, 2.75) is 18.9 Å². The molecule has 1 N–H and O–H groups in total. The van der Waals surface area contributed by atoms with Crippen molar-refractivity contribution in [1.82, 2.24) is 15.3 Å². The van der Waals surface area contributed by atoms with Gasteiger partial charge in [0.25, 0.3) is 0 Å². The zero-order valence-electron chi connectivity index (χ0n) is 6.74. The van der Waals surface area contributed by atoms with Crippen LogP contribution in [0.15, 0.2) is 18.6 Å². The van der Waals surface area contributed by atoms with Crippen LogP contribution in [0.2, 0.25) is 0 Å². The van der Waals surface area contributed by atoms with E-state index in [1.807, 2.05) is 6.92 Å². The maximum absolute atomic E-state index is 10.7. The molecule has 4 nitrogen and oxygen atoms in total. The van der Waals surface area contributed by atoms with E-state index in [4.69, 9.17) is 0 Å². The summed E-state index contributed by atoms with van der Waals surface area (Å²) in [6.07, 6.45) is 5.43. The van der Waals surface area contributed by atoms with Crippen LogP contribution in [0, 0.1) is 0 Å². The van der Waals surface area contributed by atoms with Crippen molar-refractivity contribution in [2.24, 2.45) is 0 Å². The highest BCUT2D eigenvalue weighted by Gasteiger charge is 2.41. The first-order valence-corrected chi connectivity index (χ1v) is 3.78. The Morgan fingerprint density at radius 1 is 1.58 bits per heavy atom. The SMILES string of the molecule is CC1(c2cnccn2)CC(=O)N1. The monoisotopic (exact) mass is 163 g/mol. The van der Waals surface area contributed by atoms with Crippen LogP contribution in [-0.4, -0.2) is 15.9 Å². The molecule has 0 aromatic carbocycles. The van der Waals surface area contributed by atoms with Crippen molar-refractivity contribution in [3.05, 3.63) is 24.3 Å². The molecule has 62 valence electrons. The fraction of sp³-hybridized carbons (Fsp3) is 0.375. The second-order valence-electron chi connectivity index (χ2n) is 3.15. The molecule has 1 aromatic heterocycles. The van der Waals surface area contributed by atoms with Crippen LogP contribution in [0.4, 0.5) is 0 Å². The lowest BCUT2D eigenvalue weighted by Crippen LogP contribution is -2.56. The molecule has 1 fully saturated rings. The molecule has 1 atom stereocenters. The molecule has 1 amide bonds. The molecule has 0 aliphatic carbocycles. The quantitative estimate of drug-likeness (QED) is 0.602. The lowest BCUT2D eigenvalue weighted by molar-refractivity contribution is -0.132. The molecule has 4 heteroatoms. The summed E-state index contributed by atoms with van der Waals surface area (Å²) in [6, 6.07) is 0. The van der Waals surface area contributed by atoms with Crippen molar-refractivity contribution in [1.29, 1.82) is 0 Å². The normalized spacial score (nSPS) is 27.6. The lowest BCUT2D eigenvalue weighted by Gasteiger charge is -2.37. The molecule has 1 aliphatic rings. The highest BCUT2D eigenvalue weighted by molar-refractivity contribution is 5.84. The zero-order valence-corrected chi connectivity index (χ0v) is 6.74. The number of carbonyl (C=O) groups is 1. The van der Waals surface area contributed by atoms with Gasteiger partial charge < -0.3 is 5.32 Å². The largest absolute Gasteiger partial charge is 0.345 e. The van der Waals surface area contributed by atoms with Gasteiger partial charge in [0, 0.05) is 12.4 Å². The molecule has 1 unspecified atom stereocenters. The van der Waals surface area contributed by atoms with Crippen LogP contribution in [0.1, 0.15) is 19.0 Å². The van der Waals surface area contributed by atoms with Crippen LogP contribution < -0.4 is 5.32 Å². The van der Waals surface area contributed by atoms with Gasteiger partial charge in [-0.2, -0.15) is 0 Å². The van der Waals surface area contributed by atoms with Gasteiger partial charge in [0.15, 0.2) is 0 Å². The molecule has 12 heavy (non-hydrogen) atoms. The van der Waals surface area contributed by atoms with Crippen molar-refractivity contribution in [3.8, 4) is 0 Å². The predicted molar refractivity (Wildman–Crippen MR) is 42.1 cm³/mol. The minimum absolute atomic E-state index is 0.0724. The van der Waals surface area contributed by atoms with Gasteiger partial charge in [-0.1, -0.05) is 0 Å². The van der Waals surface area contributed by atoms with E-state index in [0.29, 0.717) is 6.42 Å². The smallest absolute Gasteiger partial charge is 0.223 e. The molecule has 0 bridgehead atoms. The van der Waals surface area contributed by atoms with E-state index in [0.717, 1.165) is 5.69 Å². The second-order valence-corrected chi connectivity index (χ2v) is 3.15. The number of rotatable bonds is 1. The summed E-state index contributed by atoms with van der Waals surface area (Å²) in [5, 5.41) is 2.79. The van der Waals surface area contributed by atoms with Crippen molar-refractivity contribution < 1.29 is 4.79 Å². The van der Waals surface area contributed by atoms with Crippen LogP contribution in [0.5, 0.6) is 0 Å². The summed E-state index contributed by atoms with van der Waals surface area (Å²) < 4.78 is 0. The molecule has 1 saturated heterocycles. The summed E-state index contributed by atoms with van der Waals surface area (Å²) in [6.45, 7) is 1.94. The van der Waals surface area contributed by atoms with Crippen molar-refractivity contribution in [3.63, 3.8) is 0 Å². The maximum Gasteiger partial charge on any atom is 0.223 e. The highest BCUT2D eigenvalue weighted by atomic mass is 16.2. The molecule has 2 heterocycles. The Bertz CT molecular complexity index is 301. The number of nitrogens with one attached hydrogen (secondary N) is 1. The third-order valence-electron chi connectivity index (χ3n) is 2.06. The van der Waals surface area contributed by atoms with Gasteiger partial charge in [-0.05, 0) is 6.92 Å². The Morgan fingerprint density at radius 3 is 2.83 bits per heavy atom. The van der Waals surface area contributed by atoms with E-state index in [2.05, 4.69) is 15.3 Å². The standard InChI is InChI=1S/C8H9N3O/c1-8(4-7(12)11-8)6-5-9-2-3-10-6/h2-3,5H,4H2,1H3,(H,11,12). The highest BCUT2D eigenvalue weighted by Crippen LogP contribution is 2.28. The number of β-lactam (4-membered cyclic amide) rings is 1. The van der Waals surface area contributed by atoms with Crippen LogP contribution in [0.3, 0.4) is 0 Å². The number of hydrogen-bond acceptors (Lipinski definition) is 3. The van der Waals surface area contributed by atoms with Crippen LogP contribution >= 0.6 is 0 Å². The van der Waals surface area contributed by atoms with Crippen LogP contribution in [0.25, 0.3) is 0 Å². The van der Waals surface area contributed by atoms with Gasteiger partial charge in [-0.15, -0.1) is 0 Å². The molecule has 2 rings (SSSR count). The van der Waals surface area contributed by atoms with E-state index < -0.39 is 0 Å². The molecular weight excluding hydrogens is 154 g/mol. The minimum atomic E-state index is -0.286. The topological polar surface area (TPSA) is 54.9 Å². The van der Waals surface area contributed by atoms with Crippen molar-refractivity contribution >= 4 is 5.91 Å². The molecule has 1 aromatic rings. The Kier molecular flexibility index (Phi) is 1.36. The minimum Gasteiger partial charge on any atom is -0.345 e. The first-order valence-electron chi connectivity index (χ1n) is 3.78. The Hall–Kier alpha value is -1.45. The summed E-state index contributed by atoms with van der Waals surface area (Å²) in [5.41, 5.74) is 0.537. The number of hydrogen-bond donors (Lipinski definition) is 1. The van der Waals surface area contributed by atoms with Crippen molar-refractivity contribution in [2.75, 3.05) is 0 Å². The predicted octanol–water partition coefficient (Wildman–Crippen LogP) is 0.212. The van der Waals surface area contributed by atoms with Gasteiger partial charge in [-0.25, -0.2) is 0 Å². The lowest BCUT2D eigenvalue weighted by atomic mass is 9.86. The summed E-state index contributed by atoms with van der Waals surface area (Å²) in [4.78, 5) is 18.8. The number of carbonyl (C=O) groups excluding carboxylic acids is 1. The second kappa shape index (κ2) is 2.27. The van der Waals surface area contributed by atoms with E-state index in [1.54, 1.807) is 18.6 Å². The Labute approximate surface area is 70.0 Å². The van der Waals surface area contributed by atoms with E-state index >= 15 is 0 Å². The molecule has 0 spiro atoms. The molecule has 0 saturated carbocycles. The zero-order chi connectivity index (χ0) is 8.60. The fourth-order valence-electron chi connectivity index (χ4n) is 1.35. The fourth-order valence-corrected chi connectivity index (χ4v) is 1.35. The van der Waals surface area contributed by atoms with Crippen LogP contribution in [-0.2, 0) is 10.3 Å². The van der Waals surface area contributed by atoms with E-state index in [-0.39, 0.29) is 11.4 Å². The molecule has 0 radical (unpaired) electrons. The number of aromatic nitrogens is 2. The van der Waals surface area contributed by atoms with E-state index in [1.165, 1.54) is 0 Å². The third kappa shape index (κ3) is 0.958. The summed E-state index contributed by atoms with van der Waals surface area (Å²) in [5.74, 6) is 0.0724. The molecular formula is C8H9N3O. The van der Waals surface area contributed by atoms with Gasteiger partial charge in [-0.3, -0.25) is 14.8 Å². The summed E-state index contributed by atoms with van der Waals surface area (Å²) in [7, 11) is 0. The molecule has 1 aliphatic heterocycles. The summed E-state index contributed by atoms with van der Waals surface area (Å²) >= 11 is 0. The van der Waals surface area contributed by atoms with Gasteiger partial charge >= 0.3 is 0 Å². The van der Waals surface area contributed by atoms with Gasteiger partial charge in [0.2, 0.25) is 5.91 Å². The third-order valence-corrected chi connectivity index (χ3v) is 2.06. The average Bonchev–Trinajstić information content (AvgIpc) is 2.04. The number of nitrogens with zero attached hydrogens (tertiary/aromatic N) is 2. The average molecular weight is 163 g/mol. The first kappa shape index (κ1) is 7.21. The van der Waals surface area contributed by atoms with Gasteiger partial charge in [0.05, 0.1) is 23.9 Å². The van der Waals surface area contributed by atoms with E-state index in [9.17, 15) is 4.79 Å². The Morgan fingerprint density at radius 2 is 2.33 bits per heavy atom. The van der Waals surface area contributed by atoms with Gasteiger partial charge in [0.1, 0.15) is 0 Å².